The lowest BCUT2D eigenvalue weighted by Gasteiger charge is -2.21. The Labute approximate surface area is 140 Å². The number of para-hydroxylation sites is 1. The fraction of sp³-hybridized carbons (Fsp3) is 0.222. The molecule has 0 fully saturated rings. The SMILES string of the molecule is CC(C)[C@H](NC(=O)c1ccccc1Cl)C(=O)Oc1ccccc1. The average molecular weight is 332 g/mol. The highest BCUT2D eigenvalue weighted by molar-refractivity contribution is 6.33. The average Bonchev–Trinajstić information content (AvgIpc) is 2.53. The number of rotatable bonds is 5. The summed E-state index contributed by atoms with van der Waals surface area (Å²) < 4.78 is 5.32. The maximum Gasteiger partial charge on any atom is 0.334 e. The van der Waals surface area contributed by atoms with E-state index in [9.17, 15) is 9.59 Å². The van der Waals surface area contributed by atoms with E-state index in [1.54, 1.807) is 48.5 Å². The van der Waals surface area contributed by atoms with Crippen molar-refractivity contribution in [3.63, 3.8) is 0 Å². The second-order valence-electron chi connectivity index (χ2n) is 5.41. The molecule has 0 unspecified atom stereocenters. The fourth-order valence-electron chi connectivity index (χ4n) is 2.03. The quantitative estimate of drug-likeness (QED) is 0.671. The van der Waals surface area contributed by atoms with E-state index in [0.29, 0.717) is 16.3 Å². The van der Waals surface area contributed by atoms with Gasteiger partial charge in [0.05, 0.1) is 10.6 Å². The van der Waals surface area contributed by atoms with Crippen molar-refractivity contribution in [3.05, 3.63) is 65.2 Å². The van der Waals surface area contributed by atoms with Crippen molar-refractivity contribution in [2.75, 3.05) is 0 Å². The third-order valence-corrected chi connectivity index (χ3v) is 3.62. The molecule has 2 rings (SSSR count). The third-order valence-electron chi connectivity index (χ3n) is 3.29. The predicted octanol–water partition coefficient (Wildman–Crippen LogP) is 3.70. The van der Waals surface area contributed by atoms with E-state index in [4.69, 9.17) is 16.3 Å². The number of amides is 1. The second-order valence-corrected chi connectivity index (χ2v) is 5.82. The molecule has 5 heteroatoms. The molecule has 2 aromatic rings. The Morgan fingerprint density at radius 2 is 1.61 bits per heavy atom. The zero-order valence-corrected chi connectivity index (χ0v) is 13.7. The Bertz CT molecular complexity index is 686. The van der Waals surface area contributed by atoms with Crippen molar-refractivity contribution in [2.24, 2.45) is 5.92 Å². The number of esters is 1. The molecule has 0 saturated heterocycles. The molecule has 0 aliphatic heterocycles. The van der Waals surface area contributed by atoms with E-state index in [1.807, 2.05) is 19.9 Å². The van der Waals surface area contributed by atoms with Gasteiger partial charge >= 0.3 is 5.97 Å². The van der Waals surface area contributed by atoms with Gasteiger partial charge in [-0.05, 0) is 30.2 Å². The van der Waals surface area contributed by atoms with Crippen molar-refractivity contribution in [1.29, 1.82) is 0 Å². The number of halogens is 1. The Morgan fingerprint density at radius 1 is 1.00 bits per heavy atom. The zero-order chi connectivity index (χ0) is 16.8. The van der Waals surface area contributed by atoms with Crippen LogP contribution >= 0.6 is 11.6 Å². The first-order valence-corrected chi connectivity index (χ1v) is 7.69. The molecule has 1 amide bonds. The van der Waals surface area contributed by atoms with Gasteiger partial charge < -0.3 is 10.1 Å². The number of ether oxygens (including phenoxy) is 1. The minimum atomic E-state index is -0.765. The molecular weight excluding hydrogens is 314 g/mol. The van der Waals surface area contributed by atoms with Crippen LogP contribution in [0.5, 0.6) is 5.75 Å². The van der Waals surface area contributed by atoms with Gasteiger partial charge in [0.1, 0.15) is 11.8 Å². The van der Waals surface area contributed by atoms with Crippen LogP contribution in [-0.2, 0) is 4.79 Å². The zero-order valence-electron chi connectivity index (χ0n) is 13.0. The first kappa shape index (κ1) is 17.0. The highest BCUT2D eigenvalue weighted by atomic mass is 35.5. The number of carbonyl (C=O) groups excluding carboxylic acids is 2. The van der Waals surface area contributed by atoms with Crippen LogP contribution in [0.15, 0.2) is 54.6 Å². The van der Waals surface area contributed by atoms with Crippen molar-refractivity contribution < 1.29 is 14.3 Å². The van der Waals surface area contributed by atoms with E-state index in [1.165, 1.54) is 0 Å². The molecule has 0 spiro atoms. The summed E-state index contributed by atoms with van der Waals surface area (Å²) in [4.78, 5) is 24.7. The van der Waals surface area contributed by atoms with Crippen LogP contribution in [0.1, 0.15) is 24.2 Å². The summed E-state index contributed by atoms with van der Waals surface area (Å²) in [7, 11) is 0. The van der Waals surface area contributed by atoms with E-state index in [-0.39, 0.29) is 5.92 Å². The van der Waals surface area contributed by atoms with Gasteiger partial charge in [0, 0.05) is 0 Å². The van der Waals surface area contributed by atoms with Crippen LogP contribution in [0.2, 0.25) is 5.02 Å². The number of hydrogen-bond donors (Lipinski definition) is 1. The summed E-state index contributed by atoms with van der Waals surface area (Å²) in [5, 5.41) is 3.03. The van der Waals surface area contributed by atoms with E-state index >= 15 is 0 Å². The van der Waals surface area contributed by atoms with Crippen molar-refractivity contribution in [3.8, 4) is 5.75 Å². The molecule has 0 radical (unpaired) electrons. The Morgan fingerprint density at radius 3 is 2.22 bits per heavy atom. The summed E-state index contributed by atoms with van der Waals surface area (Å²) in [5.41, 5.74) is 0.326. The molecule has 1 atom stereocenters. The van der Waals surface area contributed by atoms with Gasteiger partial charge in [-0.2, -0.15) is 0 Å². The predicted molar refractivity (Wildman–Crippen MR) is 89.6 cm³/mol. The van der Waals surface area contributed by atoms with Gasteiger partial charge in [-0.3, -0.25) is 4.79 Å². The molecule has 0 aliphatic rings. The molecule has 4 nitrogen and oxygen atoms in total. The Kier molecular flexibility index (Phi) is 5.77. The molecule has 1 N–H and O–H groups in total. The topological polar surface area (TPSA) is 55.4 Å². The van der Waals surface area contributed by atoms with E-state index in [0.717, 1.165) is 0 Å². The number of carbonyl (C=O) groups is 2. The van der Waals surface area contributed by atoms with Gasteiger partial charge in [0.2, 0.25) is 0 Å². The van der Waals surface area contributed by atoms with Crippen LogP contribution in [0.25, 0.3) is 0 Å². The van der Waals surface area contributed by atoms with Crippen molar-refractivity contribution in [2.45, 2.75) is 19.9 Å². The fourth-order valence-corrected chi connectivity index (χ4v) is 2.25. The molecule has 0 bridgehead atoms. The lowest BCUT2D eigenvalue weighted by atomic mass is 10.0. The molecule has 0 aromatic heterocycles. The second kappa shape index (κ2) is 7.79. The summed E-state index contributed by atoms with van der Waals surface area (Å²) >= 11 is 6.01. The van der Waals surface area contributed by atoms with Gasteiger partial charge in [-0.1, -0.05) is 55.8 Å². The van der Waals surface area contributed by atoms with Gasteiger partial charge in [0.25, 0.3) is 5.91 Å². The monoisotopic (exact) mass is 331 g/mol. The summed E-state index contributed by atoms with van der Waals surface area (Å²) in [6.07, 6.45) is 0. The normalized spacial score (nSPS) is 11.8. The van der Waals surface area contributed by atoms with Crippen LogP contribution in [0.4, 0.5) is 0 Å². The van der Waals surface area contributed by atoms with E-state index in [2.05, 4.69) is 5.32 Å². The summed E-state index contributed by atoms with van der Waals surface area (Å²) in [5.74, 6) is -0.598. The summed E-state index contributed by atoms with van der Waals surface area (Å²) in [6.45, 7) is 3.67. The van der Waals surface area contributed by atoms with Crippen molar-refractivity contribution in [1.82, 2.24) is 5.32 Å². The van der Waals surface area contributed by atoms with Crippen LogP contribution in [-0.4, -0.2) is 17.9 Å². The first-order valence-electron chi connectivity index (χ1n) is 7.31. The van der Waals surface area contributed by atoms with Crippen LogP contribution in [0.3, 0.4) is 0 Å². The molecule has 0 saturated carbocycles. The first-order chi connectivity index (χ1) is 11.0. The lowest BCUT2D eigenvalue weighted by Crippen LogP contribution is -2.46. The smallest absolute Gasteiger partial charge is 0.334 e. The molecule has 120 valence electrons. The number of nitrogens with one attached hydrogen (secondary N) is 1. The Hall–Kier alpha value is -2.33. The van der Waals surface area contributed by atoms with Gasteiger partial charge in [0.15, 0.2) is 0 Å². The minimum Gasteiger partial charge on any atom is -0.425 e. The maximum absolute atomic E-state index is 12.3. The molecule has 23 heavy (non-hydrogen) atoms. The lowest BCUT2D eigenvalue weighted by molar-refractivity contribution is -0.137. The minimum absolute atomic E-state index is 0.127. The highest BCUT2D eigenvalue weighted by Crippen LogP contribution is 2.16. The standard InChI is InChI=1S/C18H18ClNO3/c1-12(2)16(18(22)23-13-8-4-3-5-9-13)20-17(21)14-10-6-7-11-15(14)19/h3-12,16H,1-2H3,(H,20,21)/t16-/m0/s1. The third kappa shape index (κ3) is 4.57. The van der Waals surface area contributed by atoms with Gasteiger partial charge in [-0.15, -0.1) is 0 Å². The maximum atomic E-state index is 12.3. The van der Waals surface area contributed by atoms with Crippen molar-refractivity contribution >= 4 is 23.5 Å². The number of hydrogen-bond acceptors (Lipinski definition) is 3. The highest BCUT2D eigenvalue weighted by Gasteiger charge is 2.27. The molecule has 0 heterocycles. The van der Waals surface area contributed by atoms with Crippen LogP contribution < -0.4 is 10.1 Å². The van der Waals surface area contributed by atoms with Gasteiger partial charge in [-0.25, -0.2) is 4.79 Å². The van der Waals surface area contributed by atoms with E-state index < -0.39 is 17.9 Å². The molecule has 0 aliphatic carbocycles. The Balaban J connectivity index is 2.11. The van der Waals surface area contributed by atoms with Crippen LogP contribution in [0, 0.1) is 5.92 Å². The number of benzene rings is 2. The molecule has 2 aromatic carbocycles. The largest absolute Gasteiger partial charge is 0.425 e. The summed E-state index contributed by atoms with van der Waals surface area (Å²) in [6, 6.07) is 14.7. The molecular formula is C18H18ClNO3.